The SMILES string of the molecule is CCOC(=O)CCSc1c[nH]c2ccccc12. The van der Waals surface area contributed by atoms with E-state index in [9.17, 15) is 4.79 Å². The number of carbonyl (C=O) groups excluding carboxylic acids is 1. The Hall–Kier alpha value is -1.42. The topological polar surface area (TPSA) is 42.1 Å². The van der Waals surface area contributed by atoms with Gasteiger partial charge in [-0.05, 0) is 13.0 Å². The first-order chi connectivity index (χ1) is 8.31. The molecule has 0 unspecified atom stereocenters. The number of thioether (sulfide) groups is 1. The first-order valence-electron chi connectivity index (χ1n) is 5.66. The zero-order valence-electron chi connectivity index (χ0n) is 9.73. The molecule has 4 heteroatoms. The molecule has 0 atom stereocenters. The minimum atomic E-state index is -0.125. The number of esters is 1. The number of ether oxygens (including phenoxy) is 1. The second kappa shape index (κ2) is 5.77. The summed E-state index contributed by atoms with van der Waals surface area (Å²) in [5.74, 6) is 0.626. The van der Waals surface area contributed by atoms with Gasteiger partial charge in [-0.15, -0.1) is 11.8 Å². The normalized spacial score (nSPS) is 10.6. The van der Waals surface area contributed by atoms with E-state index in [1.807, 2.05) is 31.3 Å². The number of nitrogens with one attached hydrogen (secondary N) is 1. The van der Waals surface area contributed by atoms with Crippen molar-refractivity contribution in [3.63, 3.8) is 0 Å². The molecule has 0 aliphatic rings. The number of aromatic amines is 1. The molecule has 0 aliphatic heterocycles. The van der Waals surface area contributed by atoms with Gasteiger partial charge in [-0.1, -0.05) is 18.2 Å². The standard InChI is InChI=1S/C13H15NO2S/c1-2-16-13(15)7-8-17-12-9-14-11-6-4-3-5-10(11)12/h3-6,9,14H,2,7-8H2,1H3. The molecule has 0 radical (unpaired) electrons. The molecular formula is C13H15NO2S. The number of hydrogen-bond acceptors (Lipinski definition) is 3. The van der Waals surface area contributed by atoms with E-state index in [0.717, 1.165) is 11.3 Å². The Morgan fingerprint density at radius 1 is 1.41 bits per heavy atom. The van der Waals surface area contributed by atoms with E-state index in [2.05, 4.69) is 11.1 Å². The van der Waals surface area contributed by atoms with Crippen molar-refractivity contribution < 1.29 is 9.53 Å². The fourth-order valence-corrected chi connectivity index (χ4v) is 2.61. The molecule has 2 rings (SSSR count). The molecular weight excluding hydrogens is 234 g/mol. The lowest BCUT2D eigenvalue weighted by atomic mass is 10.2. The summed E-state index contributed by atoms with van der Waals surface area (Å²) in [4.78, 5) is 15.6. The third-order valence-electron chi connectivity index (χ3n) is 2.42. The average Bonchev–Trinajstić information content (AvgIpc) is 2.73. The molecule has 3 nitrogen and oxygen atoms in total. The molecule has 1 aromatic heterocycles. The maximum absolute atomic E-state index is 11.2. The van der Waals surface area contributed by atoms with Crippen LogP contribution < -0.4 is 0 Å². The van der Waals surface area contributed by atoms with Gasteiger partial charge in [0, 0.05) is 27.7 Å². The molecule has 90 valence electrons. The van der Waals surface area contributed by atoms with Gasteiger partial charge < -0.3 is 9.72 Å². The minimum absolute atomic E-state index is 0.125. The van der Waals surface area contributed by atoms with Crippen LogP contribution in [0.1, 0.15) is 13.3 Å². The number of benzene rings is 1. The van der Waals surface area contributed by atoms with Crippen LogP contribution in [-0.4, -0.2) is 23.3 Å². The molecule has 1 aromatic carbocycles. The Morgan fingerprint density at radius 3 is 3.06 bits per heavy atom. The molecule has 1 heterocycles. The Kier molecular flexibility index (Phi) is 4.09. The summed E-state index contributed by atoms with van der Waals surface area (Å²) in [5.41, 5.74) is 1.13. The van der Waals surface area contributed by atoms with Gasteiger partial charge in [-0.2, -0.15) is 0 Å². The van der Waals surface area contributed by atoms with Gasteiger partial charge in [0.05, 0.1) is 13.0 Å². The van der Waals surface area contributed by atoms with Crippen molar-refractivity contribution >= 4 is 28.6 Å². The molecule has 0 aliphatic carbocycles. The molecule has 0 amide bonds. The maximum Gasteiger partial charge on any atom is 0.306 e. The summed E-state index contributed by atoms with van der Waals surface area (Å²) in [7, 11) is 0. The number of hydrogen-bond donors (Lipinski definition) is 1. The first kappa shape index (κ1) is 12.0. The molecule has 0 fully saturated rings. The second-order valence-corrected chi connectivity index (χ2v) is 4.74. The Labute approximate surface area is 105 Å². The number of aromatic nitrogens is 1. The number of fused-ring (bicyclic) bond motifs is 1. The molecule has 17 heavy (non-hydrogen) atoms. The average molecular weight is 249 g/mol. The highest BCUT2D eigenvalue weighted by atomic mass is 32.2. The van der Waals surface area contributed by atoms with Crippen molar-refractivity contribution in [2.75, 3.05) is 12.4 Å². The predicted molar refractivity (Wildman–Crippen MR) is 70.3 cm³/mol. The Bertz CT molecular complexity index is 507. The summed E-state index contributed by atoms with van der Waals surface area (Å²) in [6.45, 7) is 2.28. The highest BCUT2D eigenvalue weighted by Gasteiger charge is 2.05. The summed E-state index contributed by atoms with van der Waals surface area (Å²) in [6, 6.07) is 8.15. The van der Waals surface area contributed by atoms with Gasteiger partial charge in [0.2, 0.25) is 0 Å². The minimum Gasteiger partial charge on any atom is -0.466 e. The van der Waals surface area contributed by atoms with Crippen molar-refractivity contribution in [2.45, 2.75) is 18.2 Å². The predicted octanol–water partition coefficient (Wildman–Crippen LogP) is 3.21. The molecule has 0 saturated carbocycles. The summed E-state index contributed by atoms with van der Waals surface area (Å²) in [6.07, 6.45) is 2.44. The van der Waals surface area contributed by atoms with E-state index in [1.54, 1.807) is 11.8 Å². The van der Waals surface area contributed by atoms with Gasteiger partial charge in [0.15, 0.2) is 0 Å². The van der Waals surface area contributed by atoms with Crippen LogP contribution in [0.5, 0.6) is 0 Å². The Morgan fingerprint density at radius 2 is 2.24 bits per heavy atom. The summed E-state index contributed by atoms with van der Waals surface area (Å²) in [5, 5.41) is 1.21. The van der Waals surface area contributed by atoms with Gasteiger partial charge >= 0.3 is 5.97 Å². The lowest BCUT2D eigenvalue weighted by molar-refractivity contribution is -0.142. The van der Waals surface area contributed by atoms with Crippen LogP contribution in [0, 0.1) is 0 Å². The summed E-state index contributed by atoms with van der Waals surface area (Å²) < 4.78 is 4.89. The summed E-state index contributed by atoms with van der Waals surface area (Å²) >= 11 is 1.68. The largest absolute Gasteiger partial charge is 0.466 e. The molecule has 0 saturated heterocycles. The molecule has 2 aromatic rings. The van der Waals surface area contributed by atoms with Crippen LogP contribution in [0.4, 0.5) is 0 Å². The maximum atomic E-state index is 11.2. The third kappa shape index (κ3) is 3.03. The zero-order chi connectivity index (χ0) is 12.1. The number of rotatable bonds is 5. The molecule has 0 spiro atoms. The van der Waals surface area contributed by atoms with E-state index >= 15 is 0 Å². The van der Waals surface area contributed by atoms with Crippen LogP contribution in [0.2, 0.25) is 0 Å². The van der Waals surface area contributed by atoms with Gasteiger partial charge in [-0.25, -0.2) is 0 Å². The van der Waals surface area contributed by atoms with Crippen molar-refractivity contribution in [2.24, 2.45) is 0 Å². The highest BCUT2D eigenvalue weighted by Crippen LogP contribution is 2.27. The molecule has 1 N–H and O–H groups in total. The van der Waals surface area contributed by atoms with E-state index in [4.69, 9.17) is 4.74 Å². The van der Waals surface area contributed by atoms with Crippen molar-refractivity contribution in [3.8, 4) is 0 Å². The van der Waals surface area contributed by atoms with Crippen LogP contribution >= 0.6 is 11.8 Å². The monoisotopic (exact) mass is 249 g/mol. The molecule has 0 bridgehead atoms. The van der Waals surface area contributed by atoms with Gasteiger partial charge in [0.25, 0.3) is 0 Å². The van der Waals surface area contributed by atoms with E-state index in [0.29, 0.717) is 13.0 Å². The number of H-pyrrole nitrogens is 1. The number of para-hydroxylation sites is 1. The zero-order valence-corrected chi connectivity index (χ0v) is 10.5. The lowest BCUT2D eigenvalue weighted by Gasteiger charge is -2.01. The van der Waals surface area contributed by atoms with Gasteiger partial charge in [0.1, 0.15) is 0 Å². The van der Waals surface area contributed by atoms with E-state index in [1.165, 1.54) is 10.3 Å². The van der Waals surface area contributed by atoms with Crippen molar-refractivity contribution in [1.82, 2.24) is 4.98 Å². The van der Waals surface area contributed by atoms with Crippen molar-refractivity contribution in [3.05, 3.63) is 30.5 Å². The first-order valence-corrected chi connectivity index (χ1v) is 6.64. The third-order valence-corrected chi connectivity index (χ3v) is 3.48. The van der Waals surface area contributed by atoms with Gasteiger partial charge in [-0.3, -0.25) is 4.79 Å². The Balaban J connectivity index is 1.93. The van der Waals surface area contributed by atoms with E-state index in [-0.39, 0.29) is 5.97 Å². The highest BCUT2D eigenvalue weighted by molar-refractivity contribution is 7.99. The van der Waals surface area contributed by atoms with Crippen LogP contribution in [0.15, 0.2) is 35.4 Å². The van der Waals surface area contributed by atoms with Crippen molar-refractivity contribution in [1.29, 1.82) is 0 Å². The fraction of sp³-hybridized carbons (Fsp3) is 0.308. The lowest BCUT2D eigenvalue weighted by Crippen LogP contribution is -2.04. The van der Waals surface area contributed by atoms with Crippen LogP contribution in [0.25, 0.3) is 10.9 Å². The van der Waals surface area contributed by atoms with Crippen LogP contribution in [-0.2, 0) is 9.53 Å². The fourth-order valence-electron chi connectivity index (χ4n) is 1.64. The number of carbonyl (C=O) groups is 1. The smallest absolute Gasteiger partial charge is 0.306 e. The quantitative estimate of drug-likeness (QED) is 0.653. The second-order valence-electron chi connectivity index (χ2n) is 3.60. The van der Waals surface area contributed by atoms with E-state index < -0.39 is 0 Å². The van der Waals surface area contributed by atoms with Crippen LogP contribution in [0.3, 0.4) is 0 Å².